The number of hydrogen-bond donors (Lipinski definition) is 1. The summed E-state index contributed by atoms with van der Waals surface area (Å²) in [6.07, 6.45) is 2.98. The zero-order chi connectivity index (χ0) is 24.8. The molecule has 0 amide bonds. The second-order valence-electron chi connectivity index (χ2n) is 7.80. The van der Waals surface area contributed by atoms with E-state index in [2.05, 4.69) is 0 Å². The zero-order valence-corrected chi connectivity index (χ0v) is 19.9. The number of ether oxygens (including phenoxy) is 4. The maximum atomic E-state index is 12.3. The number of nitrogens with two attached hydrogens (primary N) is 1. The maximum Gasteiger partial charge on any atom is 0.323 e. The molecule has 0 aromatic heterocycles. The highest BCUT2D eigenvalue weighted by molar-refractivity contribution is 5.77. The molecule has 1 aromatic carbocycles. The predicted molar refractivity (Wildman–Crippen MR) is 121 cm³/mol. The molecule has 9 nitrogen and oxygen atoms in total. The molecule has 1 aromatic rings. The standard InChI is InChI=1S/C24H35NO8/c1-5-7-9-22(27)32-20-12-11-18(14-21(20)33-23(28)10-8-6-2)13-19(25)24(29)31-16(3)15-30-17(4)26/h11-12,14,16,19H,5-10,13,15,25H2,1-4H3/t16-,19+/m1/s1. The number of hydrogen-bond acceptors (Lipinski definition) is 9. The molecule has 184 valence electrons. The van der Waals surface area contributed by atoms with Crippen LogP contribution in [0.1, 0.15) is 71.8 Å². The molecule has 0 aliphatic rings. The molecule has 0 unspecified atom stereocenters. The second-order valence-corrected chi connectivity index (χ2v) is 7.80. The van der Waals surface area contributed by atoms with Crippen molar-refractivity contribution in [1.82, 2.24) is 0 Å². The molecule has 0 saturated carbocycles. The lowest BCUT2D eigenvalue weighted by Gasteiger charge is -2.17. The van der Waals surface area contributed by atoms with Gasteiger partial charge in [0.15, 0.2) is 11.5 Å². The van der Waals surface area contributed by atoms with Gasteiger partial charge in [0.1, 0.15) is 18.8 Å². The quantitative estimate of drug-likeness (QED) is 0.325. The summed E-state index contributed by atoms with van der Waals surface area (Å²) in [5, 5.41) is 0. The van der Waals surface area contributed by atoms with E-state index in [4.69, 9.17) is 24.7 Å². The average molecular weight is 466 g/mol. The van der Waals surface area contributed by atoms with Crippen molar-refractivity contribution in [3.8, 4) is 11.5 Å². The Labute approximate surface area is 194 Å². The first-order valence-electron chi connectivity index (χ1n) is 11.3. The summed E-state index contributed by atoms with van der Waals surface area (Å²) >= 11 is 0. The van der Waals surface area contributed by atoms with Gasteiger partial charge in [-0.2, -0.15) is 0 Å². The lowest BCUT2D eigenvalue weighted by molar-refractivity contribution is -0.157. The van der Waals surface area contributed by atoms with Crippen LogP contribution in [0.3, 0.4) is 0 Å². The summed E-state index contributed by atoms with van der Waals surface area (Å²) < 4.78 is 20.8. The van der Waals surface area contributed by atoms with E-state index < -0.39 is 36.0 Å². The molecular formula is C24H35NO8. The van der Waals surface area contributed by atoms with Gasteiger partial charge in [0.25, 0.3) is 0 Å². The van der Waals surface area contributed by atoms with Gasteiger partial charge in [-0.25, -0.2) is 0 Å². The number of carbonyl (C=O) groups excluding carboxylic acids is 4. The molecule has 0 heterocycles. The van der Waals surface area contributed by atoms with Crippen LogP contribution < -0.4 is 15.2 Å². The van der Waals surface area contributed by atoms with E-state index >= 15 is 0 Å². The van der Waals surface area contributed by atoms with Crippen LogP contribution in [0.5, 0.6) is 11.5 Å². The second kappa shape index (κ2) is 15.0. The fourth-order valence-electron chi connectivity index (χ4n) is 2.72. The predicted octanol–water partition coefficient (Wildman–Crippen LogP) is 3.24. The summed E-state index contributed by atoms with van der Waals surface area (Å²) in [6.45, 7) is 6.71. The molecule has 0 spiro atoms. The topological polar surface area (TPSA) is 131 Å². The molecule has 2 atom stereocenters. The van der Waals surface area contributed by atoms with Crippen molar-refractivity contribution in [2.45, 2.75) is 84.8 Å². The molecule has 0 saturated heterocycles. The van der Waals surface area contributed by atoms with Crippen molar-refractivity contribution in [2.24, 2.45) is 5.73 Å². The lowest BCUT2D eigenvalue weighted by Crippen LogP contribution is -2.37. The first-order chi connectivity index (χ1) is 15.7. The Bertz CT molecular complexity index is 808. The Morgan fingerprint density at radius 2 is 1.52 bits per heavy atom. The molecule has 33 heavy (non-hydrogen) atoms. The highest BCUT2D eigenvalue weighted by Crippen LogP contribution is 2.30. The number of rotatable bonds is 14. The van der Waals surface area contributed by atoms with Crippen LogP contribution in [0.2, 0.25) is 0 Å². The minimum atomic E-state index is -0.994. The van der Waals surface area contributed by atoms with Crippen LogP contribution in [-0.4, -0.2) is 42.6 Å². The summed E-state index contributed by atoms with van der Waals surface area (Å²) in [4.78, 5) is 47.3. The van der Waals surface area contributed by atoms with Crippen LogP contribution in [0.25, 0.3) is 0 Å². The van der Waals surface area contributed by atoms with E-state index in [9.17, 15) is 19.2 Å². The lowest BCUT2D eigenvalue weighted by atomic mass is 10.1. The molecule has 0 bridgehead atoms. The summed E-state index contributed by atoms with van der Waals surface area (Å²) in [5.41, 5.74) is 6.56. The Kier molecular flexibility index (Phi) is 12.8. The van der Waals surface area contributed by atoms with Crippen LogP contribution in [0, 0.1) is 0 Å². The van der Waals surface area contributed by atoms with Crippen LogP contribution in [-0.2, 0) is 35.1 Å². The fraction of sp³-hybridized carbons (Fsp3) is 0.583. The Morgan fingerprint density at radius 3 is 2.06 bits per heavy atom. The number of unbranched alkanes of at least 4 members (excludes halogenated alkanes) is 2. The van der Waals surface area contributed by atoms with Crippen molar-refractivity contribution in [2.75, 3.05) is 6.61 Å². The van der Waals surface area contributed by atoms with Gasteiger partial charge in [-0.05, 0) is 43.9 Å². The molecule has 1 rings (SSSR count). The first kappa shape index (κ1) is 28.1. The van der Waals surface area contributed by atoms with E-state index in [1.165, 1.54) is 19.1 Å². The van der Waals surface area contributed by atoms with E-state index in [0.717, 1.165) is 12.8 Å². The van der Waals surface area contributed by atoms with Crippen LogP contribution >= 0.6 is 0 Å². The molecule has 9 heteroatoms. The minimum Gasteiger partial charge on any atom is -0.462 e. The van der Waals surface area contributed by atoms with Crippen molar-refractivity contribution >= 4 is 23.9 Å². The molecule has 0 radical (unpaired) electrons. The largest absolute Gasteiger partial charge is 0.462 e. The zero-order valence-electron chi connectivity index (χ0n) is 19.9. The van der Waals surface area contributed by atoms with E-state index in [-0.39, 0.29) is 37.4 Å². The Morgan fingerprint density at radius 1 is 0.939 bits per heavy atom. The fourth-order valence-corrected chi connectivity index (χ4v) is 2.72. The monoisotopic (exact) mass is 465 g/mol. The average Bonchev–Trinajstić information content (AvgIpc) is 2.76. The smallest absolute Gasteiger partial charge is 0.323 e. The Hall–Kier alpha value is -2.94. The van der Waals surface area contributed by atoms with E-state index in [0.29, 0.717) is 18.4 Å². The van der Waals surface area contributed by atoms with E-state index in [1.807, 2.05) is 13.8 Å². The van der Waals surface area contributed by atoms with Gasteiger partial charge < -0.3 is 24.7 Å². The molecular weight excluding hydrogens is 430 g/mol. The van der Waals surface area contributed by atoms with Crippen LogP contribution in [0.15, 0.2) is 18.2 Å². The third kappa shape index (κ3) is 11.5. The Balaban J connectivity index is 2.89. The van der Waals surface area contributed by atoms with Crippen molar-refractivity contribution in [3.63, 3.8) is 0 Å². The highest BCUT2D eigenvalue weighted by Gasteiger charge is 2.21. The van der Waals surface area contributed by atoms with Crippen molar-refractivity contribution in [3.05, 3.63) is 23.8 Å². The normalized spacial score (nSPS) is 12.4. The minimum absolute atomic E-state index is 0.0657. The molecule has 0 aliphatic carbocycles. The van der Waals surface area contributed by atoms with Crippen LogP contribution in [0.4, 0.5) is 0 Å². The summed E-state index contributed by atoms with van der Waals surface area (Å²) in [6, 6.07) is 3.69. The van der Waals surface area contributed by atoms with Gasteiger partial charge >= 0.3 is 23.9 Å². The van der Waals surface area contributed by atoms with Gasteiger partial charge in [-0.3, -0.25) is 19.2 Å². The van der Waals surface area contributed by atoms with Crippen molar-refractivity contribution < 1.29 is 38.1 Å². The first-order valence-corrected chi connectivity index (χ1v) is 11.3. The van der Waals surface area contributed by atoms with Gasteiger partial charge in [0.2, 0.25) is 0 Å². The van der Waals surface area contributed by atoms with Gasteiger partial charge in [-0.15, -0.1) is 0 Å². The SMILES string of the molecule is CCCCC(=O)Oc1ccc(C[C@H](N)C(=O)O[C@H](C)COC(C)=O)cc1OC(=O)CCCC. The number of carbonyl (C=O) groups is 4. The summed E-state index contributed by atoms with van der Waals surface area (Å²) in [5.74, 6) is -1.76. The highest BCUT2D eigenvalue weighted by atomic mass is 16.6. The third-order valence-electron chi connectivity index (χ3n) is 4.52. The van der Waals surface area contributed by atoms with Gasteiger partial charge in [0, 0.05) is 19.8 Å². The number of benzene rings is 1. The third-order valence-corrected chi connectivity index (χ3v) is 4.52. The van der Waals surface area contributed by atoms with E-state index in [1.54, 1.807) is 13.0 Å². The maximum absolute atomic E-state index is 12.3. The van der Waals surface area contributed by atoms with Crippen molar-refractivity contribution in [1.29, 1.82) is 0 Å². The van der Waals surface area contributed by atoms with Gasteiger partial charge in [-0.1, -0.05) is 32.8 Å². The number of esters is 4. The molecule has 0 fully saturated rings. The van der Waals surface area contributed by atoms with Gasteiger partial charge in [0.05, 0.1) is 0 Å². The molecule has 2 N–H and O–H groups in total. The summed E-state index contributed by atoms with van der Waals surface area (Å²) in [7, 11) is 0. The molecule has 0 aliphatic heterocycles.